The van der Waals surface area contributed by atoms with E-state index in [9.17, 15) is 9.13 Å². The average molecular weight is 201 g/mol. The summed E-state index contributed by atoms with van der Waals surface area (Å²) in [4.78, 5) is 6.63. The van der Waals surface area contributed by atoms with Gasteiger partial charge in [0.05, 0.1) is 20.0 Å². The van der Waals surface area contributed by atoms with Crippen molar-refractivity contribution in [1.29, 1.82) is 0 Å². The van der Waals surface area contributed by atoms with Crippen LogP contribution in [0.3, 0.4) is 0 Å². The van der Waals surface area contributed by atoms with Crippen molar-refractivity contribution in [3.63, 3.8) is 0 Å². The molecule has 0 unspecified atom stereocenters. The predicted molar refractivity (Wildman–Crippen MR) is 45.7 cm³/mol. The summed E-state index contributed by atoms with van der Waals surface area (Å²) >= 11 is 0. The van der Waals surface area contributed by atoms with Crippen molar-refractivity contribution >= 4 is 7.68 Å². The maximum absolute atomic E-state index is 11.2. The standard InChI is InChI=1S/C7H12N3O2P/c11-13(12)7-1-8-4-9(2-7)6-10(3-7)5-8/h1-6H2. The van der Waals surface area contributed by atoms with E-state index in [0.717, 1.165) is 39.6 Å². The van der Waals surface area contributed by atoms with Gasteiger partial charge in [-0.15, -0.1) is 0 Å². The van der Waals surface area contributed by atoms with Gasteiger partial charge in [-0.1, -0.05) is 0 Å². The van der Waals surface area contributed by atoms with Gasteiger partial charge >= 0.3 is 7.68 Å². The molecule has 6 heteroatoms. The van der Waals surface area contributed by atoms with Crippen molar-refractivity contribution in [3.05, 3.63) is 0 Å². The fourth-order valence-electron chi connectivity index (χ4n) is 2.85. The van der Waals surface area contributed by atoms with E-state index in [1.54, 1.807) is 0 Å². The van der Waals surface area contributed by atoms with Crippen LogP contribution in [0.4, 0.5) is 0 Å². The Balaban J connectivity index is 2.00. The van der Waals surface area contributed by atoms with Crippen molar-refractivity contribution in [3.8, 4) is 0 Å². The molecule has 0 spiro atoms. The van der Waals surface area contributed by atoms with Crippen LogP contribution in [0, 0.1) is 0 Å². The molecule has 0 radical (unpaired) electrons. The summed E-state index contributed by atoms with van der Waals surface area (Å²) < 4.78 is 22.4. The summed E-state index contributed by atoms with van der Waals surface area (Å²) in [6.07, 6.45) is 0. The summed E-state index contributed by atoms with van der Waals surface area (Å²) in [5.41, 5.74) is 0. The second-order valence-electron chi connectivity index (χ2n) is 4.39. The van der Waals surface area contributed by atoms with Gasteiger partial charge in [-0.25, -0.2) is 9.13 Å². The molecule has 4 rings (SSSR count). The van der Waals surface area contributed by atoms with Gasteiger partial charge in [-0.05, 0) is 0 Å². The van der Waals surface area contributed by atoms with E-state index < -0.39 is 12.8 Å². The van der Waals surface area contributed by atoms with Crippen LogP contribution in [0.25, 0.3) is 0 Å². The van der Waals surface area contributed by atoms with Gasteiger partial charge in [0.25, 0.3) is 0 Å². The molecule has 0 aromatic rings. The Morgan fingerprint density at radius 2 is 1.23 bits per heavy atom. The summed E-state index contributed by atoms with van der Waals surface area (Å²) in [6.45, 7) is 5.04. The van der Waals surface area contributed by atoms with Crippen LogP contribution < -0.4 is 0 Å². The van der Waals surface area contributed by atoms with E-state index in [2.05, 4.69) is 14.7 Å². The molecule has 0 saturated carbocycles. The number of hydrogen-bond acceptors (Lipinski definition) is 5. The highest BCUT2D eigenvalue weighted by molar-refractivity contribution is 7.33. The maximum atomic E-state index is 11.2. The van der Waals surface area contributed by atoms with Gasteiger partial charge in [-0.2, -0.15) is 0 Å². The Morgan fingerprint density at radius 3 is 1.54 bits per heavy atom. The molecule has 4 heterocycles. The SMILES string of the molecule is O=P(=O)C12CN3CN(CN(C3)C1)C2. The lowest BCUT2D eigenvalue weighted by molar-refractivity contribution is -0.120. The molecule has 4 bridgehead atoms. The summed E-state index contributed by atoms with van der Waals surface area (Å²) in [6, 6.07) is 0. The van der Waals surface area contributed by atoms with E-state index in [-0.39, 0.29) is 0 Å². The third kappa shape index (κ3) is 1.05. The van der Waals surface area contributed by atoms with Crippen LogP contribution in [0.2, 0.25) is 0 Å². The molecule has 72 valence electrons. The van der Waals surface area contributed by atoms with Crippen molar-refractivity contribution in [1.82, 2.24) is 14.7 Å². The van der Waals surface area contributed by atoms with Crippen LogP contribution in [0.15, 0.2) is 0 Å². The van der Waals surface area contributed by atoms with E-state index in [0.29, 0.717) is 0 Å². The minimum Gasteiger partial charge on any atom is -0.276 e. The first-order valence-electron chi connectivity index (χ1n) is 4.50. The average Bonchev–Trinajstić information content (AvgIpc) is 2.00. The minimum atomic E-state index is -2.30. The van der Waals surface area contributed by atoms with Gasteiger partial charge in [0.2, 0.25) is 0 Å². The number of rotatable bonds is 1. The van der Waals surface area contributed by atoms with Crippen molar-refractivity contribution in [2.75, 3.05) is 39.6 Å². The van der Waals surface area contributed by atoms with Crippen molar-refractivity contribution < 1.29 is 9.13 Å². The van der Waals surface area contributed by atoms with Crippen molar-refractivity contribution in [2.24, 2.45) is 0 Å². The van der Waals surface area contributed by atoms with Gasteiger partial charge in [-0.3, -0.25) is 14.7 Å². The van der Waals surface area contributed by atoms with Gasteiger partial charge in [0.15, 0.2) is 0 Å². The highest BCUT2D eigenvalue weighted by Crippen LogP contribution is 2.40. The first-order chi connectivity index (χ1) is 6.18. The highest BCUT2D eigenvalue weighted by atomic mass is 31.1. The monoisotopic (exact) mass is 201 g/mol. The first-order valence-corrected chi connectivity index (χ1v) is 5.67. The fourth-order valence-corrected chi connectivity index (χ4v) is 3.80. The molecule has 4 aliphatic heterocycles. The van der Waals surface area contributed by atoms with Crippen LogP contribution >= 0.6 is 7.68 Å². The Hall–Kier alpha value is -0.220. The molecule has 4 aliphatic rings. The summed E-state index contributed by atoms with van der Waals surface area (Å²) in [5.74, 6) is 0. The molecule has 0 aliphatic carbocycles. The lowest BCUT2D eigenvalue weighted by atomic mass is 10.00. The third-order valence-electron chi connectivity index (χ3n) is 3.14. The van der Waals surface area contributed by atoms with E-state index in [1.165, 1.54) is 0 Å². The Kier molecular flexibility index (Phi) is 1.51. The molecule has 0 amide bonds. The quantitative estimate of drug-likeness (QED) is 0.546. The molecule has 0 aromatic heterocycles. The largest absolute Gasteiger partial charge is 0.325 e. The molecule has 4 saturated heterocycles. The van der Waals surface area contributed by atoms with Crippen LogP contribution in [0.1, 0.15) is 0 Å². The molecule has 0 atom stereocenters. The van der Waals surface area contributed by atoms with E-state index in [1.807, 2.05) is 0 Å². The highest BCUT2D eigenvalue weighted by Gasteiger charge is 2.52. The first kappa shape index (κ1) is 8.12. The van der Waals surface area contributed by atoms with E-state index in [4.69, 9.17) is 0 Å². The lowest BCUT2D eigenvalue weighted by Crippen LogP contribution is -2.74. The fraction of sp³-hybridized carbons (Fsp3) is 1.00. The molecular formula is C7H12N3O2P. The predicted octanol–water partition coefficient (Wildman–Crippen LogP) is -0.283. The van der Waals surface area contributed by atoms with Gasteiger partial charge in [0, 0.05) is 19.6 Å². The lowest BCUT2D eigenvalue weighted by Gasteiger charge is -2.57. The van der Waals surface area contributed by atoms with Crippen LogP contribution in [0.5, 0.6) is 0 Å². The third-order valence-corrected chi connectivity index (χ3v) is 4.34. The zero-order chi connectivity index (χ0) is 9.05. The molecule has 5 nitrogen and oxygen atoms in total. The Bertz CT molecular complexity index is 272. The van der Waals surface area contributed by atoms with Gasteiger partial charge in [0.1, 0.15) is 5.16 Å². The van der Waals surface area contributed by atoms with Crippen LogP contribution in [-0.2, 0) is 9.13 Å². The topological polar surface area (TPSA) is 43.9 Å². The van der Waals surface area contributed by atoms with Crippen LogP contribution in [-0.4, -0.2) is 59.5 Å². The van der Waals surface area contributed by atoms with Crippen molar-refractivity contribution in [2.45, 2.75) is 5.16 Å². The number of nitrogens with zero attached hydrogens (tertiary/aromatic N) is 3. The zero-order valence-electron chi connectivity index (χ0n) is 7.35. The maximum Gasteiger partial charge on any atom is 0.325 e. The Morgan fingerprint density at radius 1 is 0.846 bits per heavy atom. The molecule has 13 heavy (non-hydrogen) atoms. The number of hydrogen-bond donors (Lipinski definition) is 0. The molecule has 0 N–H and O–H groups in total. The normalized spacial score (nSPS) is 52.5. The smallest absolute Gasteiger partial charge is 0.276 e. The molecular weight excluding hydrogens is 189 g/mol. The summed E-state index contributed by atoms with van der Waals surface area (Å²) in [7, 11) is -2.30. The van der Waals surface area contributed by atoms with E-state index >= 15 is 0 Å². The minimum absolute atomic E-state index is 0.468. The molecule has 0 aromatic carbocycles. The van der Waals surface area contributed by atoms with Gasteiger partial charge < -0.3 is 0 Å². The second-order valence-corrected chi connectivity index (χ2v) is 5.86. The summed E-state index contributed by atoms with van der Waals surface area (Å²) in [5, 5.41) is -0.468. The zero-order valence-corrected chi connectivity index (χ0v) is 8.24. The molecule has 4 fully saturated rings. The Labute approximate surface area is 77.1 Å². The second kappa shape index (κ2) is 2.42.